The molecule has 0 heterocycles. The zero-order chi connectivity index (χ0) is 38.7. The quantitative estimate of drug-likeness (QED) is 0.155. The maximum atomic E-state index is 13.4. The first-order valence-corrected chi connectivity index (χ1v) is 20.3. The molecule has 0 unspecified atom stereocenters. The Morgan fingerprint density at radius 2 is 1.25 bits per heavy atom. The fraction of sp³-hybridized carbons (Fsp3) is 0.733. The lowest BCUT2D eigenvalue weighted by atomic mass is 9.42. The van der Waals surface area contributed by atoms with Crippen molar-refractivity contribution in [2.75, 3.05) is 0 Å². The van der Waals surface area contributed by atoms with Gasteiger partial charge in [0.15, 0.2) is 11.5 Å². The SMILES string of the molecule is CC(=O)Oc1ccc(CCC(=O)O[C@H]2CC[C@]3(C)[C@H]4CC[C@H]5C(=C[C@]4(C)CC[C@H]3C2(C)C)CC[C@H]2C(C)(C)[C@@H](OC(C)=O)CC[C@]52C)cc1OC(C)=O. The Labute approximate surface area is 317 Å². The van der Waals surface area contributed by atoms with Crippen LogP contribution in [0.2, 0.25) is 0 Å². The molecule has 5 aliphatic carbocycles. The van der Waals surface area contributed by atoms with Crippen LogP contribution in [0.1, 0.15) is 145 Å². The zero-order valence-electron chi connectivity index (χ0n) is 34.0. The number of hydrogen-bond donors (Lipinski definition) is 0. The number of allylic oxidation sites excluding steroid dienone is 2. The van der Waals surface area contributed by atoms with Crippen molar-refractivity contribution < 1.29 is 38.1 Å². The lowest BCUT2D eigenvalue weighted by Gasteiger charge is -2.63. The molecule has 5 aliphatic rings. The van der Waals surface area contributed by atoms with Gasteiger partial charge in [-0.1, -0.05) is 66.2 Å². The summed E-state index contributed by atoms with van der Waals surface area (Å²) in [6, 6.07) is 5.02. The van der Waals surface area contributed by atoms with Gasteiger partial charge in [-0.25, -0.2) is 0 Å². The summed E-state index contributed by atoms with van der Waals surface area (Å²) < 4.78 is 22.8. The molecule has 0 aliphatic heterocycles. The van der Waals surface area contributed by atoms with Crippen molar-refractivity contribution in [1.29, 1.82) is 0 Å². The van der Waals surface area contributed by atoms with Gasteiger partial charge in [-0.15, -0.1) is 0 Å². The van der Waals surface area contributed by atoms with Crippen molar-refractivity contribution in [1.82, 2.24) is 0 Å². The Hall–Kier alpha value is -3.16. The van der Waals surface area contributed by atoms with E-state index in [1.54, 1.807) is 30.7 Å². The molecule has 1 aromatic carbocycles. The van der Waals surface area contributed by atoms with E-state index in [-0.39, 0.29) is 69.1 Å². The Morgan fingerprint density at radius 1 is 0.642 bits per heavy atom. The summed E-state index contributed by atoms with van der Waals surface area (Å²) in [7, 11) is 0. The van der Waals surface area contributed by atoms with Crippen LogP contribution in [0.25, 0.3) is 0 Å². The lowest BCUT2D eigenvalue weighted by molar-refractivity contribution is -0.190. The molecule has 6 rings (SSSR count). The standard InChI is InChI=1S/C45H64O8/c1-27(46)50-33-15-11-30(25-34(33)51-28(2)47)12-18-40(49)53-39-21-24-45(10)36(42(39,6)7)19-22-43(8)26-31-13-16-35-41(4,5)38(52-29(3)48)20-23-44(35,9)32(31)14-17-37(43)45/h11,15,25-26,32,35-39H,12-14,16-24H2,1-10H3/t32-,35-,36-,37-,38-,39-,43-,44+,45-/m0/s1. The Kier molecular flexibility index (Phi) is 10.6. The van der Waals surface area contributed by atoms with Crippen LogP contribution in [0.5, 0.6) is 11.5 Å². The molecule has 4 saturated carbocycles. The maximum Gasteiger partial charge on any atom is 0.308 e. The Morgan fingerprint density at radius 3 is 1.89 bits per heavy atom. The molecule has 0 bridgehead atoms. The van der Waals surface area contributed by atoms with Crippen LogP contribution < -0.4 is 9.47 Å². The summed E-state index contributed by atoms with van der Waals surface area (Å²) in [4.78, 5) is 48.6. The van der Waals surface area contributed by atoms with Crippen LogP contribution in [-0.2, 0) is 35.1 Å². The van der Waals surface area contributed by atoms with E-state index in [9.17, 15) is 19.2 Å². The number of carbonyl (C=O) groups excluding carboxylic acids is 4. The second-order valence-electron chi connectivity index (χ2n) is 19.4. The largest absolute Gasteiger partial charge is 0.462 e. The third kappa shape index (κ3) is 7.22. The van der Waals surface area contributed by atoms with E-state index >= 15 is 0 Å². The first-order chi connectivity index (χ1) is 24.7. The van der Waals surface area contributed by atoms with Gasteiger partial charge in [-0.3, -0.25) is 19.2 Å². The molecule has 0 aromatic heterocycles. The van der Waals surface area contributed by atoms with Crippen molar-refractivity contribution in [2.24, 2.45) is 50.7 Å². The normalized spacial score (nSPS) is 36.8. The molecule has 0 amide bonds. The maximum absolute atomic E-state index is 13.4. The number of fused-ring (bicyclic) bond motifs is 6. The van der Waals surface area contributed by atoms with Crippen LogP contribution >= 0.6 is 0 Å². The smallest absolute Gasteiger partial charge is 0.308 e. The molecule has 0 radical (unpaired) electrons. The summed E-state index contributed by atoms with van der Waals surface area (Å²) in [5.41, 5.74) is 2.77. The molecule has 4 fully saturated rings. The summed E-state index contributed by atoms with van der Waals surface area (Å²) in [6.45, 7) is 21.2. The highest BCUT2D eigenvalue weighted by Gasteiger charge is 2.63. The molecule has 0 saturated heterocycles. The predicted molar refractivity (Wildman–Crippen MR) is 203 cm³/mol. The number of carbonyl (C=O) groups is 4. The monoisotopic (exact) mass is 732 g/mol. The molecule has 8 heteroatoms. The van der Waals surface area contributed by atoms with Crippen molar-refractivity contribution in [3.05, 3.63) is 35.4 Å². The average Bonchev–Trinajstić information content (AvgIpc) is 3.20. The van der Waals surface area contributed by atoms with Gasteiger partial charge in [0, 0.05) is 38.0 Å². The molecular weight excluding hydrogens is 668 g/mol. The van der Waals surface area contributed by atoms with E-state index in [1.165, 1.54) is 26.7 Å². The van der Waals surface area contributed by atoms with Gasteiger partial charge >= 0.3 is 23.9 Å². The Balaban J connectivity index is 1.14. The van der Waals surface area contributed by atoms with Gasteiger partial charge in [0.05, 0.1) is 0 Å². The Bertz CT molecular complexity index is 1650. The lowest BCUT2D eigenvalue weighted by Crippen LogP contribution is -2.58. The van der Waals surface area contributed by atoms with E-state index in [2.05, 4.69) is 54.5 Å². The van der Waals surface area contributed by atoms with Gasteiger partial charge in [-0.2, -0.15) is 0 Å². The highest BCUT2D eigenvalue weighted by Crippen LogP contribution is 2.70. The van der Waals surface area contributed by atoms with Gasteiger partial charge in [0.2, 0.25) is 0 Å². The number of rotatable bonds is 7. The number of hydrogen-bond acceptors (Lipinski definition) is 8. The van der Waals surface area contributed by atoms with Crippen LogP contribution in [0, 0.1) is 50.7 Å². The van der Waals surface area contributed by atoms with E-state index in [4.69, 9.17) is 18.9 Å². The second kappa shape index (κ2) is 14.2. The fourth-order valence-electron chi connectivity index (χ4n) is 13.2. The third-order valence-electron chi connectivity index (χ3n) is 15.4. The average molecular weight is 733 g/mol. The summed E-state index contributed by atoms with van der Waals surface area (Å²) in [6.07, 6.45) is 14.2. The molecule has 292 valence electrons. The molecule has 0 N–H and O–H groups in total. The van der Waals surface area contributed by atoms with E-state index in [0.717, 1.165) is 56.9 Å². The third-order valence-corrected chi connectivity index (χ3v) is 15.4. The van der Waals surface area contributed by atoms with Crippen molar-refractivity contribution >= 4 is 23.9 Å². The van der Waals surface area contributed by atoms with E-state index in [1.807, 2.05) is 0 Å². The molecule has 1 aromatic rings. The van der Waals surface area contributed by atoms with Crippen LogP contribution in [-0.4, -0.2) is 36.1 Å². The van der Waals surface area contributed by atoms with E-state index < -0.39 is 11.9 Å². The molecule has 53 heavy (non-hydrogen) atoms. The first-order valence-electron chi connectivity index (χ1n) is 20.3. The predicted octanol–water partition coefficient (Wildman–Crippen LogP) is 9.74. The minimum absolute atomic E-state index is 0.0128. The highest BCUT2D eigenvalue weighted by molar-refractivity contribution is 5.74. The summed E-state index contributed by atoms with van der Waals surface area (Å²) in [5, 5.41) is 0. The summed E-state index contributed by atoms with van der Waals surface area (Å²) >= 11 is 0. The number of aryl methyl sites for hydroxylation is 1. The first kappa shape index (κ1) is 39.5. The molecule has 0 spiro atoms. The van der Waals surface area contributed by atoms with Crippen LogP contribution in [0.3, 0.4) is 0 Å². The zero-order valence-corrected chi connectivity index (χ0v) is 34.0. The van der Waals surface area contributed by atoms with Crippen LogP contribution in [0.4, 0.5) is 0 Å². The van der Waals surface area contributed by atoms with Gasteiger partial charge in [0.25, 0.3) is 0 Å². The minimum Gasteiger partial charge on any atom is -0.462 e. The summed E-state index contributed by atoms with van der Waals surface area (Å²) in [5.74, 6) is 1.02. The molecule has 9 atom stereocenters. The minimum atomic E-state index is -0.518. The van der Waals surface area contributed by atoms with Crippen molar-refractivity contribution in [3.63, 3.8) is 0 Å². The van der Waals surface area contributed by atoms with Crippen LogP contribution in [0.15, 0.2) is 29.8 Å². The fourth-order valence-corrected chi connectivity index (χ4v) is 13.2. The molecule has 8 nitrogen and oxygen atoms in total. The van der Waals surface area contributed by atoms with Crippen molar-refractivity contribution in [2.45, 2.75) is 158 Å². The number of ether oxygens (including phenoxy) is 4. The van der Waals surface area contributed by atoms with Gasteiger partial charge in [-0.05, 0) is 128 Å². The molecular formula is C45H64O8. The number of benzene rings is 1. The number of esters is 4. The van der Waals surface area contributed by atoms with Gasteiger partial charge < -0.3 is 18.9 Å². The van der Waals surface area contributed by atoms with Crippen molar-refractivity contribution in [3.8, 4) is 11.5 Å². The highest BCUT2D eigenvalue weighted by atomic mass is 16.6. The van der Waals surface area contributed by atoms with Gasteiger partial charge in [0.1, 0.15) is 12.2 Å². The topological polar surface area (TPSA) is 105 Å². The van der Waals surface area contributed by atoms with E-state index in [0.29, 0.717) is 30.1 Å². The second-order valence-corrected chi connectivity index (χ2v) is 19.4.